The predicted molar refractivity (Wildman–Crippen MR) is 173 cm³/mol. The zero-order chi connectivity index (χ0) is 30.0. The van der Waals surface area contributed by atoms with Crippen molar-refractivity contribution in [1.82, 2.24) is 14.2 Å². The number of ketones is 1. The SMILES string of the molecule is Cc1ccc(S(=O)(=O)N2CCN(c3ccc(C(=O)/C=C/c4cc5ccccc5nc4N4CCN(C)CC4)cc3)CC2)cc1. The molecule has 0 bridgehead atoms. The molecule has 0 amide bonds. The van der Waals surface area contributed by atoms with Crippen LogP contribution in [0.2, 0.25) is 0 Å². The van der Waals surface area contributed by atoms with Gasteiger partial charge in [0.05, 0.1) is 10.4 Å². The first kappa shape index (κ1) is 29.0. The molecule has 0 unspecified atom stereocenters. The van der Waals surface area contributed by atoms with Gasteiger partial charge in [0, 0.05) is 74.6 Å². The van der Waals surface area contributed by atoms with Gasteiger partial charge >= 0.3 is 0 Å². The smallest absolute Gasteiger partial charge is 0.243 e. The summed E-state index contributed by atoms with van der Waals surface area (Å²) < 4.78 is 27.7. The quantitative estimate of drug-likeness (QED) is 0.226. The van der Waals surface area contributed by atoms with E-state index in [0.717, 1.165) is 59.7 Å². The molecule has 2 saturated heterocycles. The summed E-state index contributed by atoms with van der Waals surface area (Å²) in [6.45, 7) is 7.67. The minimum Gasteiger partial charge on any atom is -0.369 e. The van der Waals surface area contributed by atoms with Crippen molar-refractivity contribution in [3.05, 3.63) is 102 Å². The number of sulfonamides is 1. The maximum Gasteiger partial charge on any atom is 0.243 e. The Hall–Kier alpha value is -4.05. The highest BCUT2D eigenvalue weighted by Gasteiger charge is 2.28. The molecule has 8 nitrogen and oxygen atoms in total. The molecule has 9 heteroatoms. The van der Waals surface area contributed by atoms with Gasteiger partial charge in [-0.05, 0) is 74.7 Å². The van der Waals surface area contributed by atoms with Crippen molar-refractivity contribution < 1.29 is 13.2 Å². The summed E-state index contributed by atoms with van der Waals surface area (Å²) in [5, 5.41) is 1.04. The van der Waals surface area contributed by atoms with Crippen LogP contribution in [-0.2, 0) is 10.0 Å². The number of fused-ring (bicyclic) bond motifs is 1. The largest absolute Gasteiger partial charge is 0.369 e. The fourth-order valence-corrected chi connectivity index (χ4v) is 7.08. The van der Waals surface area contributed by atoms with Crippen molar-refractivity contribution >= 4 is 44.3 Å². The molecule has 2 aliphatic rings. The lowest BCUT2D eigenvalue weighted by atomic mass is 10.1. The molecule has 0 radical (unpaired) electrons. The molecule has 0 aliphatic carbocycles. The molecule has 222 valence electrons. The highest BCUT2D eigenvalue weighted by molar-refractivity contribution is 7.89. The number of nitrogens with zero attached hydrogens (tertiary/aromatic N) is 5. The summed E-state index contributed by atoms with van der Waals surface area (Å²) in [5.41, 5.74) is 4.50. The van der Waals surface area contributed by atoms with E-state index in [0.29, 0.717) is 36.6 Å². The van der Waals surface area contributed by atoms with E-state index in [9.17, 15) is 13.2 Å². The molecule has 2 aliphatic heterocycles. The number of hydrogen-bond donors (Lipinski definition) is 0. The van der Waals surface area contributed by atoms with E-state index in [4.69, 9.17) is 4.98 Å². The van der Waals surface area contributed by atoms with Crippen LogP contribution in [0.1, 0.15) is 21.5 Å². The molecule has 2 fully saturated rings. The Morgan fingerprint density at radius 3 is 2.14 bits per heavy atom. The third kappa shape index (κ3) is 6.34. The van der Waals surface area contributed by atoms with Gasteiger partial charge in [0.15, 0.2) is 5.78 Å². The second-order valence-electron chi connectivity index (χ2n) is 11.3. The molecule has 6 rings (SSSR count). The van der Waals surface area contributed by atoms with Crippen LogP contribution in [0.5, 0.6) is 0 Å². The molecule has 0 atom stereocenters. The number of likely N-dealkylation sites (N-methyl/N-ethyl adjacent to an activating group) is 1. The molecular formula is C34H37N5O3S. The number of anilines is 2. The Bertz CT molecular complexity index is 1740. The fourth-order valence-electron chi connectivity index (χ4n) is 5.66. The Labute approximate surface area is 253 Å². The third-order valence-electron chi connectivity index (χ3n) is 8.36. The van der Waals surface area contributed by atoms with Crippen molar-refractivity contribution in [3.63, 3.8) is 0 Å². The number of aryl methyl sites for hydroxylation is 1. The Morgan fingerprint density at radius 2 is 1.44 bits per heavy atom. The lowest BCUT2D eigenvalue weighted by molar-refractivity contribution is 0.104. The van der Waals surface area contributed by atoms with E-state index in [1.807, 2.05) is 73.7 Å². The highest BCUT2D eigenvalue weighted by atomic mass is 32.2. The van der Waals surface area contributed by atoms with E-state index in [1.54, 1.807) is 22.5 Å². The molecule has 4 aromatic rings. The van der Waals surface area contributed by atoms with Crippen molar-refractivity contribution in [1.29, 1.82) is 0 Å². The van der Waals surface area contributed by atoms with Crippen LogP contribution in [-0.4, -0.2) is 87.8 Å². The summed E-state index contributed by atoms with van der Waals surface area (Å²) in [4.78, 5) is 25.3. The van der Waals surface area contributed by atoms with Crippen molar-refractivity contribution in [2.75, 3.05) is 69.2 Å². The van der Waals surface area contributed by atoms with Gasteiger partial charge in [-0.3, -0.25) is 4.79 Å². The number of carbonyl (C=O) groups is 1. The van der Waals surface area contributed by atoms with Gasteiger partial charge in [0.25, 0.3) is 0 Å². The van der Waals surface area contributed by atoms with E-state index < -0.39 is 10.0 Å². The average molecular weight is 596 g/mol. The average Bonchev–Trinajstić information content (AvgIpc) is 3.04. The van der Waals surface area contributed by atoms with Crippen molar-refractivity contribution in [2.24, 2.45) is 0 Å². The monoisotopic (exact) mass is 595 g/mol. The Morgan fingerprint density at radius 1 is 0.791 bits per heavy atom. The third-order valence-corrected chi connectivity index (χ3v) is 10.3. The van der Waals surface area contributed by atoms with E-state index in [1.165, 1.54) is 0 Å². The van der Waals surface area contributed by atoms with Gasteiger partial charge in [-0.15, -0.1) is 0 Å². The van der Waals surface area contributed by atoms with Crippen LogP contribution in [0, 0.1) is 6.92 Å². The predicted octanol–water partition coefficient (Wildman–Crippen LogP) is 4.70. The number of benzene rings is 3. The molecule has 3 aromatic carbocycles. The summed E-state index contributed by atoms with van der Waals surface area (Å²) in [7, 11) is -1.38. The normalized spacial score (nSPS) is 17.2. The lowest BCUT2D eigenvalue weighted by Crippen LogP contribution is -2.48. The topological polar surface area (TPSA) is 77.1 Å². The maximum atomic E-state index is 13.2. The fraction of sp³-hybridized carbons (Fsp3) is 0.294. The van der Waals surface area contributed by atoms with Gasteiger partial charge in [-0.25, -0.2) is 13.4 Å². The van der Waals surface area contributed by atoms with E-state index >= 15 is 0 Å². The molecular weight excluding hydrogens is 558 g/mol. The molecule has 0 N–H and O–H groups in total. The first-order valence-electron chi connectivity index (χ1n) is 14.8. The summed E-state index contributed by atoms with van der Waals surface area (Å²) in [6, 6.07) is 24.8. The lowest BCUT2D eigenvalue weighted by Gasteiger charge is -2.35. The summed E-state index contributed by atoms with van der Waals surface area (Å²) >= 11 is 0. The second-order valence-corrected chi connectivity index (χ2v) is 13.3. The first-order chi connectivity index (χ1) is 20.8. The standard InChI is InChI=1S/C34H37N5O3S/c1-26-7-14-31(15-8-26)43(41,42)39-23-21-37(22-24-39)30-12-9-27(10-13-30)33(40)16-11-29-25-28-5-3-4-6-32(28)35-34(29)38-19-17-36(2)18-20-38/h3-16,25H,17-24H2,1-2H3/b16-11+. The second kappa shape index (κ2) is 12.3. The van der Waals surface area contributed by atoms with Crippen LogP contribution in [0.15, 0.2) is 89.8 Å². The van der Waals surface area contributed by atoms with Crippen LogP contribution in [0.4, 0.5) is 11.5 Å². The Balaban J connectivity index is 1.13. The van der Waals surface area contributed by atoms with Crippen molar-refractivity contribution in [3.8, 4) is 0 Å². The number of rotatable bonds is 7. The van der Waals surface area contributed by atoms with Crippen molar-refractivity contribution in [2.45, 2.75) is 11.8 Å². The molecule has 1 aromatic heterocycles. The first-order valence-corrected chi connectivity index (χ1v) is 16.2. The van der Waals surface area contributed by atoms with Gasteiger partial charge in [-0.2, -0.15) is 4.31 Å². The van der Waals surface area contributed by atoms with Gasteiger partial charge in [-0.1, -0.05) is 35.9 Å². The number of para-hydroxylation sites is 1. The van der Waals surface area contributed by atoms with E-state index in [-0.39, 0.29) is 5.78 Å². The molecule has 3 heterocycles. The van der Waals surface area contributed by atoms with Gasteiger partial charge < -0.3 is 14.7 Å². The summed E-state index contributed by atoms with van der Waals surface area (Å²) in [5.74, 6) is 0.841. The maximum absolute atomic E-state index is 13.2. The zero-order valence-corrected chi connectivity index (χ0v) is 25.5. The number of allylic oxidation sites excluding steroid dienone is 1. The Kier molecular flexibility index (Phi) is 8.30. The van der Waals surface area contributed by atoms with Crippen LogP contribution >= 0.6 is 0 Å². The minimum atomic E-state index is -3.51. The molecule has 0 saturated carbocycles. The number of pyridine rings is 1. The van der Waals surface area contributed by atoms with Gasteiger partial charge in [0.1, 0.15) is 5.82 Å². The minimum absolute atomic E-state index is 0.0713. The number of carbonyl (C=O) groups excluding carboxylic acids is 1. The van der Waals surface area contributed by atoms with Crippen LogP contribution < -0.4 is 9.80 Å². The van der Waals surface area contributed by atoms with Crippen LogP contribution in [0.3, 0.4) is 0 Å². The number of hydrogen-bond acceptors (Lipinski definition) is 7. The van der Waals surface area contributed by atoms with Crippen LogP contribution in [0.25, 0.3) is 17.0 Å². The summed E-state index contributed by atoms with van der Waals surface area (Å²) in [6.07, 6.45) is 3.52. The van der Waals surface area contributed by atoms with E-state index in [2.05, 4.69) is 27.8 Å². The number of piperazine rings is 2. The molecule has 0 spiro atoms. The zero-order valence-electron chi connectivity index (χ0n) is 24.7. The number of aromatic nitrogens is 1. The highest BCUT2D eigenvalue weighted by Crippen LogP contribution is 2.27. The van der Waals surface area contributed by atoms with Gasteiger partial charge in [0.2, 0.25) is 10.0 Å². The molecule has 43 heavy (non-hydrogen) atoms.